The summed E-state index contributed by atoms with van der Waals surface area (Å²) in [5.41, 5.74) is 0.430. The van der Waals surface area contributed by atoms with Crippen LogP contribution in [0.2, 0.25) is 0 Å². The van der Waals surface area contributed by atoms with E-state index in [9.17, 15) is 8.42 Å². The van der Waals surface area contributed by atoms with Crippen LogP contribution in [0.15, 0.2) is 34.0 Å². The van der Waals surface area contributed by atoms with Crippen molar-refractivity contribution in [1.82, 2.24) is 13.7 Å². The first-order valence-corrected chi connectivity index (χ1v) is 8.41. The molecular formula is C12H14BrN3O3S. The van der Waals surface area contributed by atoms with Gasteiger partial charge in [0, 0.05) is 36.7 Å². The summed E-state index contributed by atoms with van der Waals surface area (Å²) in [7, 11) is -2.01. The van der Waals surface area contributed by atoms with Gasteiger partial charge in [0.1, 0.15) is 4.90 Å². The minimum atomic E-state index is -3.60. The van der Waals surface area contributed by atoms with Gasteiger partial charge in [0.25, 0.3) is 0 Å². The number of ether oxygens (including phenoxy) is 1. The van der Waals surface area contributed by atoms with Crippen LogP contribution in [-0.2, 0) is 14.8 Å². The quantitative estimate of drug-likeness (QED) is 0.832. The molecule has 0 saturated carbocycles. The van der Waals surface area contributed by atoms with E-state index in [2.05, 4.69) is 20.9 Å². The highest BCUT2D eigenvalue weighted by Crippen LogP contribution is 2.26. The molecule has 2 aromatic rings. The Hall–Kier alpha value is -0.960. The van der Waals surface area contributed by atoms with E-state index >= 15 is 0 Å². The molecular weight excluding hydrogens is 346 g/mol. The Morgan fingerprint density at radius 2 is 2.35 bits per heavy atom. The van der Waals surface area contributed by atoms with Crippen LogP contribution < -0.4 is 0 Å². The van der Waals surface area contributed by atoms with Crippen molar-refractivity contribution in [2.45, 2.75) is 17.4 Å². The van der Waals surface area contributed by atoms with E-state index in [4.69, 9.17) is 4.74 Å². The average molecular weight is 360 g/mol. The summed E-state index contributed by atoms with van der Waals surface area (Å²) in [5, 5.41) is 0. The molecule has 1 aliphatic rings. The van der Waals surface area contributed by atoms with E-state index in [1.807, 2.05) is 0 Å². The predicted molar refractivity (Wildman–Crippen MR) is 77.1 cm³/mol. The molecule has 0 N–H and O–H groups in total. The van der Waals surface area contributed by atoms with Crippen molar-refractivity contribution in [2.24, 2.45) is 0 Å². The number of likely N-dealkylation sites (N-methyl/N-ethyl adjacent to an activating group) is 1. The Morgan fingerprint density at radius 1 is 1.55 bits per heavy atom. The lowest BCUT2D eigenvalue weighted by Crippen LogP contribution is -2.37. The first kappa shape index (κ1) is 14.0. The standard InChI is InChI=1S/C12H14BrN3O3S/c1-15(10-2-5-19-8-10)20(17,18)11-6-9(13)7-16-4-3-14-12(11)16/h3-4,6-7,10H,2,5,8H2,1H3. The zero-order valence-electron chi connectivity index (χ0n) is 10.9. The van der Waals surface area contributed by atoms with E-state index in [1.54, 1.807) is 36.1 Å². The van der Waals surface area contributed by atoms with Gasteiger partial charge in [-0.05, 0) is 28.4 Å². The number of halogens is 1. The van der Waals surface area contributed by atoms with Crippen molar-refractivity contribution in [3.8, 4) is 0 Å². The summed E-state index contributed by atoms with van der Waals surface area (Å²) >= 11 is 3.34. The molecule has 0 bridgehead atoms. The number of hydrogen-bond acceptors (Lipinski definition) is 4. The zero-order chi connectivity index (χ0) is 14.3. The smallest absolute Gasteiger partial charge is 0.246 e. The maximum atomic E-state index is 12.8. The number of rotatable bonds is 3. The topological polar surface area (TPSA) is 63.9 Å². The minimum Gasteiger partial charge on any atom is -0.380 e. The monoisotopic (exact) mass is 359 g/mol. The van der Waals surface area contributed by atoms with Crippen molar-refractivity contribution in [3.05, 3.63) is 29.1 Å². The second kappa shape index (κ2) is 5.10. The Morgan fingerprint density at radius 3 is 3.05 bits per heavy atom. The van der Waals surface area contributed by atoms with Crippen LogP contribution in [-0.4, -0.2) is 48.4 Å². The van der Waals surface area contributed by atoms with Crippen molar-refractivity contribution in [2.75, 3.05) is 20.3 Å². The average Bonchev–Trinajstić information content (AvgIpc) is 3.07. The lowest BCUT2D eigenvalue weighted by Gasteiger charge is -2.22. The molecule has 1 saturated heterocycles. The molecule has 1 fully saturated rings. The van der Waals surface area contributed by atoms with Gasteiger partial charge in [0.05, 0.1) is 12.6 Å². The van der Waals surface area contributed by atoms with Crippen molar-refractivity contribution < 1.29 is 13.2 Å². The summed E-state index contributed by atoms with van der Waals surface area (Å²) < 4.78 is 34.6. The summed E-state index contributed by atoms with van der Waals surface area (Å²) in [5.74, 6) is 0. The fraction of sp³-hybridized carbons (Fsp3) is 0.417. The first-order chi connectivity index (χ1) is 9.50. The molecule has 1 unspecified atom stereocenters. The van der Waals surface area contributed by atoms with E-state index < -0.39 is 10.0 Å². The summed E-state index contributed by atoms with van der Waals surface area (Å²) in [4.78, 5) is 4.34. The fourth-order valence-electron chi connectivity index (χ4n) is 2.32. The van der Waals surface area contributed by atoms with Crippen molar-refractivity contribution >= 4 is 31.6 Å². The van der Waals surface area contributed by atoms with Crippen LogP contribution in [0.25, 0.3) is 5.65 Å². The summed E-state index contributed by atoms with van der Waals surface area (Å²) in [6, 6.07) is 1.47. The lowest BCUT2D eigenvalue weighted by atomic mass is 10.3. The second-order valence-corrected chi connectivity index (χ2v) is 7.60. The molecule has 2 aromatic heterocycles. The van der Waals surface area contributed by atoms with Gasteiger partial charge in [-0.2, -0.15) is 4.31 Å². The van der Waals surface area contributed by atoms with Crippen LogP contribution in [0.4, 0.5) is 0 Å². The van der Waals surface area contributed by atoms with Crippen molar-refractivity contribution in [1.29, 1.82) is 0 Å². The van der Waals surface area contributed by atoms with Crippen LogP contribution >= 0.6 is 15.9 Å². The molecule has 3 heterocycles. The highest BCUT2D eigenvalue weighted by molar-refractivity contribution is 9.10. The molecule has 0 spiro atoms. The molecule has 1 atom stereocenters. The van der Waals surface area contributed by atoms with Crippen LogP contribution in [0.3, 0.4) is 0 Å². The molecule has 0 radical (unpaired) electrons. The molecule has 3 rings (SSSR count). The van der Waals surface area contributed by atoms with Crippen LogP contribution in [0.1, 0.15) is 6.42 Å². The number of nitrogens with zero attached hydrogens (tertiary/aromatic N) is 3. The summed E-state index contributed by atoms with van der Waals surface area (Å²) in [6.45, 7) is 1.04. The molecule has 20 heavy (non-hydrogen) atoms. The van der Waals surface area contributed by atoms with Gasteiger partial charge < -0.3 is 9.14 Å². The summed E-state index contributed by atoms with van der Waals surface area (Å²) in [6.07, 6.45) is 5.80. The maximum absolute atomic E-state index is 12.8. The van der Waals surface area contributed by atoms with Gasteiger partial charge in [0.2, 0.25) is 10.0 Å². The van der Waals surface area contributed by atoms with Gasteiger partial charge in [-0.15, -0.1) is 0 Å². The van der Waals surface area contributed by atoms with Gasteiger partial charge in [-0.3, -0.25) is 0 Å². The molecule has 8 heteroatoms. The Kier molecular flexibility index (Phi) is 3.57. The number of imidazole rings is 1. The molecule has 0 aliphatic carbocycles. The number of sulfonamides is 1. The molecule has 108 valence electrons. The van der Waals surface area contributed by atoms with Gasteiger partial charge in [-0.25, -0.2) is 13.4 Å². The van der Waals surface area contributed by atoms with Crippen LogP contribution in [0.5, 0.6) is 0 Å². The first-order valence-electron chi connectivity index (χ1n) is 6.18. The van der Waals surface area contributed by atoms with E-state index in [0.29, 0.717) is 29.8 Å². The second-order valence-electron chi connectivity index (χ2n) is 4.72. The number of fused-ring (bicyclic) bond motifs is 1. The largest absolute Gasteiger partial charge is 0.380 e. The van der Waals surface area contributed by atoms with Crippen LogP contribution in [0, 0.1) is 0 Å². The SMILES string of the molecule is CN(C1CCOC1)S(=O)(=O)c1cc(Br)cn2ccnc12. The van der Waals surface area contributed by atoms with Crippen molar-refractivity contribution in [3.63, 3.8) is 0 Å². The Bertz CT molecular complexity index is 737. The third kappa shape index (κ3) is 2.26. The lowest BCUT2D eigenvalue weighted by molar-refractivity contribution is 0.181. The normalized spacial score (nSPS) is 20.1. The Balaban J connectivity index is 2.10. The Labute approximate surface area is 125 Å². The number of hydrogen-bond donors (Lipinski definition) is 0. The number of pyridine rings is 1. The number of aromatic nitrogens is 2. The zero-order valence-corrected chi connectivity index (χ0v) is 13.3. The van der Waals surface area contributed by atoms with Gasteiger partial charge >= 0.3 is 0 Å². The molecule has 1 aliphatic heterocycles. The minimum absolute atomic E-state index is 0.117. The van der Waals surface area contributed by atoms with Gasteiger partial charge in [-0.1, -0.05) is 0 Å². The third-order valence-electron chi connectivity index (χ3n) is 3.50. The van der Waals surface area contributed by atoms with E-state index in [0.717, 1.165) is 0 Å². The predicted octanol–water partition coefficient (Wildman–Crippen LogP) is 1.51. The van der Waals surface area contributed by atoms with E-state index in [-0.39, 0.29) is 10.9 Å². The molecule has 6 nitrogen and oxygen atoms in total. The third-order valence-corrected chi connectivity index (χ3v) is 5.84. The fourth-order valence-corrected chi connectivity index (χ4v) is 4.45. The maximum Gasteiger partial charge on any atom is 0.246 e. The van der Waals surface area contributed by atoms with E-state index in [1.165, 1.54) is 4.31 Å². The van der Waals surface area contributed by atoms with Gasteiger partial charge in [0.15, 0.2) is 5.65 Å². The molecule has 0 aromatic carbocycles. The highest BCUT2D eigenvalue weighted by atomic mass is 79.9. The molecule has 0 amide bonds. The highest BCUT2D eigenvalue weighted by Gasteiger charge is 2.32.